The van der Waals surface area contributed by atoms with Crippen molar-refractivity contribution in [2.45, 2.75) is 13.8 Å². The predicted molar refractivity (Wildman–Crippen MR) is 95.1 cm³/mol. The molecule has 2 aromatic carbocycles. The highest BCUT2D eigenvalue weighted by atomic mass is 35.5. The summed E-state index contributed by atoms with van der Waals surface area (Å²) in [5.41, 5.74) is 4.15. The van der Waals surface area contributed by atoms with Crippen molar-refractivity contribution in [2.75, 3.05) is 6.61 Å². The number of fused-ring (bicyclic) bond motifs is 1. The van der Waals surface area contributed by atoms with Gasteiger partial charge in [0.05, 0.1) is 12.1 Å². The number of nitrogens with zero attached hydrogens (tertiary/aromatic N) is 1. The van der Waals surface area contributed by atoms with Crippen molar-refractivity contribution >= 4 is 29.3 Å². The van der Waals surface area contributed by atoms with E-state index < -0.39 is 0 Å². The number of hydrogen-bond acceptors (Lipinski definition) is 3. The third-order valence-corrected chi connectivity index (χ3v) is 3.67. The molecule has 0 N–H and O–H groups in total. The monoisotopic (exact) mass is 327 g/mol. The molecule has 4 heteroatoms. The topological polar surface area (TPSA) is 39.2 Å². The van der Waals surface area contributed by atoms with Crippen molar-refractivity contribution in [3.63, 3.8) is 0 Å². The quantitative estimate of drug-likeness (QED) is 0.648. The lowest BCUT2D eigenvalue weighted by molar-refractivity contribution is 0.0519. The van der Waals surface area contributed by atoms with E-state index in [-0.39, 0.29) is 18.4 Å². The average Bonchev–Trinajstić information content (AvgIpc) is 2.55. The van der Waals surface area contributed by atoms with E-state index in [9.17, 15) is 4.79 Å². The summed E-state index contributed by atoms with van der Waals surface area (Å²) in [5, 5.41) is 1.04. The molecule has 3 rings (SSSR count). The van der Waals surface area contributed by atoms with Gasteiger partial charge in [-0.25, -0.2) is 9.78 Å². The highest BCUT2D eigenvalue weighted by Gasteiger charge is 2.18. The molecule has 0 aliphatic rings. The Balaban J connectivity index is 0.00000192. The van der Waals surface area contributed by atoms with E-state index >= 15 is 0 Å². The van der Waals surface area contributed by atoms with Crippen LogP contribution in [-0.2, 0) is 4.74 Å². The number of para-hydroxylation sites is 1. The van der Waals surface area contributed by atoms with Crippen LogP contribution in [0, 0.1) is 6.92 Å². The molecule has 1 heterocycles. The molecule has 3 nitrogen and oxygen atoms in total. The van der Waals surface area contributed by atoms with Gasteiger partial charge in [0, 0.05) is 5.39 Å². The molecule has 0 unspecified atom stereocenters. The highest BCUT2D eigenvalue weighted by molar-refractivity contribution is 6.02. The van der Waals surface area contributed by atoms with E-state index in [1.165, 1.54) is 0 Å². The van der Waals surface area contributed by atoms with Gasteiger partial charge in [0.15, 0.2) is 5.69 Å². The van der Waals surface area contributed by atoms with Crippen LogP contribution in [0.4, 0.5) is 0 Å². The van der Waals surface area contributed by atoms with E-state index in [1.54, 1.807) is 6.92 Å². The minimum absolute atomic E-state index is 0. The number of esters is 1. The van der Waals surface area contributed by atoms with Gasteiger partial charge in [-0.15, -0.1) is 12.4 Å². The van der Waals surface area contributed by atoms with Gasteiger partial charge in [-0.1, -0.05) is 48.5 Å². The SMILES string of the molecule is CCOC(=O)c1nc2ccccc2c(-c2ccccc2)c1C.Cl. The first-order valence-corrected chi connectivity index (χ1v) is 7.34. The Bertz CT molecular complexity index is 831. The highest BCUT2D eigenvalue weighted by Crippen LogP contribution is 2.32. The maximum Gasteiger partial charge on any atom is 0.357 e. The Morgan fingerprint density at radius 3 is 2.39 bits per heavy atom. The fourth-order valence-corrected chi connectivity index (χ4v) is 2.68. The van der Waals surface area contributed by atoms with Crippen LogP contribution in [-0.4, -0.2) is 17.6 Å². The predicted octanol–water partition coefficient (Wildman–Crippen LogP) is 4.81. The number of halogens is 1. The van der Waals surface area contributed by atoms with Gasteiger partial charge >= 0.3 is 5.97 Å². The second-order valence-corrected chi connectivity index (χ2v) is 5.06. The van der Waals surface area contributed by atoms with Crippen molar-refractivity contribution in [1.29, 1.82) is 0 Å². The fraction of sp³-hybridized carbons (Fsp3) is 0.158. The number of rotatable bonds is 3. The van der Waals surface area contributed by atoms with Crippen molar-refractivity contribution in [2.24, 2.45) is 0 Å². The number of aromatic nitrogens is 1. The van der Waals surface area contributed by atoms with Crippen LogP contribution < -0.4 is 0 Å². The lowest BCUT2D eigenvalue weighted by Gasteiger charge is -2.14. The standard InChI is InChI=1S/C19H17NO2.ClH/c1-3-22-19(21)18-13(2)17(14-9-5-4-6-10-14)15-11-7-8-12-16(15)20-18;/h4-12H,3H2,1-2H3;1H. The summed E-state index contributed by atoms with van der Waals surface area (Å²) in [4.78, 5) is 16.7. The summed E-state index contributed by atoms with van der Waals surface area (Å²) in [6.07, 6.45) is 0. The summed E-state index contributed by atoms with van der Waals surface area (Å²) in [7, 11) is 0. The first-order valence-electron chi connectivity index (χ1n) is 7.34. The Morgan fingerprint density at radius 2 is 1.70 bits per heavy atom. The van der Waals surface area contributed by atoms with Crippen LogP contribution >= 0.6 is 12.4 Å². The van der Waals surface area contributed by atoms with E-state index in [0.717, 1.165) is 27.6 Å². The van der Waals surface area contributed by atoms with Crippen molar-refractivity contribution in [1.82, 2.24) is 4.98 Å². The molecule has 118 valence electrons. The van der Waals surface area contributed by atoms with E-state index in [1.807, 2.05) is 61.5 Å². The molecular weight excluding hydrogens is 310 g/mol. The Kier molecular flexibility index (Phi) is 5.35. The van der Waals surface area contributed by atoms with Crippen molar-refractivity contribution in [3.05, 3.63) is 65.9 Å². The third-order valence-electron chi connectivity index (χ3n) is 3.67. The molecule has 0 saturated heterocycles. The maximum absolute atomic E-state index is 12.2. The number of pyridine rings is 1. The molecule has 0 spiro atoms. The van der Waals surface area contributed by atoms with Crippen LogP contribution in [0.15, 0.2) is 54.6 Å². The molecule has 0 atom stereocenters. The molecule has 0 saturated carbocycles. The Labute approximate surface area is 141 Å². The fourth-order valence-electron chi connectivity index (χ4n) is 2.68. The number of carbonyl (C=O) groups excluding carboxylic acids is 1. The van der Waals surface area contributed by atoms with Gasteiger partial charge in [0.1, 0.15) is 0 Å². The summed E-state index contributed by atoms with van der Waals surface area (Å²) in [5.74, 6) is -0.372. The van der Waals surface area contributed by atoms with Crippen LogP contribution in [0.25, 0.3) is 22.0 Å². The minimum Gasteiger partial charge on any atom is -0.461 e. The van der Waals surface area contributed by atoms with E-state index in [4.69, 9.17) is 4.74 Å². The lowest BCUT2D eigenvalue weighted by atomic mass is 9.95. The zero-order valence-electron chi connectivity index (χ0n) is 13.1. The second kappa shape index (κ2) is 7.25. The summed E-state index contributed by atoms with van der Waals surface area (Å²) < 4.78 is 5.15. The first kappa shape index (κ1) is 17.0. The van der Waals surface area contributed by atoms with Gasteiger partial charge in [-0.05, 0) is 36.6 Å². The zero-order chi connectivity index (χ0) is 15.5. The molecule has 0 radical (unpaired) electrons. The molecule has 0 bridgehead atoms. The third kappa shape index (κ3) is 3.20. The summed E-state index contributed by atoms with van der Waals surface area (Å²) in [6.45, 7) is 4.06. The smallest absolute Gasteiger partial charge is 0.357 e. The van der Waals surface area contributed by atoms with Gasteiger partial charge in [-0.3, -0.25) is 0 Å². The van der Waals surface area contributed by atoms with Crippen LogP contribution in [0.2, 0.25) is 0 Å². The van der Waals surface area contributed by atoms with Crippen molar-refractivity contribution < 1.29 is 9.53 Å². The molecule has 0 fully saturated rings. The zero-order valence-corrected chi connectivity index (χ0v) is 13.9. The molecule has 0 amide bonds. The molecule has 0 aliphatic carbocycles. The number of benzene rings is 2. The van der Waals surface area contributed by atoms with E-state index in [2.05, 4.69) is 4.98 Å². The molecule has 0 aliphatic heterocycles. The largest absolute Gasteiger partial charge is 0.461 e. The number of hydrogen-bond donors (Lipinski definition) is 0. The summed E-state index contributed by atoms with van der Waals surface area (Å²) in [6, 6.07) is 17.9. The van der Waals surface area contributed by atoms with Gasteiger partial charge in [0.25, 0.3) is 0 Å². The Morgan fingerprint density at radius 1 is 1.04 bits per heavy atom. The lowest BCUT2D eigenvalue weighted by Crippen LogP contribution is -2.10. The molecular formula is C19H18ClNO2. The number of carbonyl (C=O) groups is 1. The van der Waals surface area contributed by atoms with Crippen molar-refractivity contribution in [3.8, 4) is 11.1 Å². The minimum atomic E-state index is -0.372. The average molecular weight is 328 g/mol. The molecule has 3 aromatic rings. The summed E-state index contributed by atoms with van der Waals surface area (Å²) >= 11 is 0. The van der Waals surface area contributed by atoms with Crippen LogP contribution in [0.3, 0.4) is 0 Å². The van der Waals surface area contributed by atoms with Gasteiger partial charge < -0.3 is 4.74 Å². The van der Waals surface area contributed by atoms with E-state index in [0.29, 0.717) is 12.3 Å². The van der Waals surface area contributed by atoms with Crippen LogP contribution in [0.5, 0.6) is 0 Å². The first-order chi connectivity index (χ1) is 10.7. The Hall–Kier alpha value is -2.39. The van der Waals surface area contributed by atoms with Gasteiger partial charge in [-0.2, -0.15) is 0 Å². The van der Waals surface area contributed by atoms with Crippen LogP contribution in [0.1, 0.15) is 23.0 Å². The molecule has 1 aromatic heterocycles. The molecule has 23 heavy (non-hydrogen) atoms. The van der Waals surface area contributed by atoms with Gasteiger partial charge in [0.2, 0.25) is 0 Å². The number of ether oxygens (including phenoxy) is 1. The normalized spacial score (nSPS) is 10.2. The second-order valence-electron chi connectivity index (χ2n) is 5.06. The maximum atomic E-state index is 12.2.